The summed E-state index contributed by atoms with van der Waals surface area (Å²) < 4.78 is 14.4. The molecule has 0 aliphatic carbocycles. The standard InChI is InChI=1S/C15H15FIN/c1-10-9-12(16)5-8-14(10)15(18-2)11-3-6-13(17)7-4-11/h3-9,15,18H,1-2H3. The maximum atomic E-state index is 13.1. The first-order valence-corrected chi connectivity index (χ1v) is 6.88. The highest BCUT2D eigenvalue weighted by molar-refractivity contribution is 14.1. The number of hydrogen-bond donors (Lipinski definition) is 1. The van der Waals surface area contributed by atoms with Crippen molar-refractivity contribution in [2.45, 2.75) is 13.0 Å². The van der Waals surface area contributed by atoms with Crippen molar-refractivity contribution < 1.29 is 4.39 Å². The highest BCUT2D eigenvalue weighted by Crippen LogP contribution is 2.25. The Labute approximate surface area is 121 Å². The van der Waals surface area contributed by atoms with Crippen LogP contribution in [0.3, 0.4) is 0 Å². The van der Waals surface area contributed by atoms with Gasteiger partial charge in [0, 0.05) is 3.57 Å². The number of aryl methyl sites for hydroxylation is 1. The lowest BCUT2D eigenvalue weighted by Gasteiger charge is -2.19. The zero-order valence-corrected chi connectivity index (χ0v) is 12.5. The van der Waals surface area contributed by atoms with Crippen molar-refractivity contribution in [3.05, 3.63) is 68.5 Å². The molecule has 2 aromatic rings. The normalized spacial score (nSPS) is 12.4. The summed E-state index contributed by atoms with van der Waals surface area (Å²) in [5.41, 5.74) is 3.26. The Bertz CT molecular complexity index is 537. The molecule has 0 aliphatic rings. The molecule has 0 radical (unpaired) electrons. The van der Waals surface area contributed by atoms with Gasteiger partial charge in [0.2, 0.25) is 0 Å². The van der Waals surface area contributed by atoms with Crippen LogP contribution >= 0.6 is 22.6 Å². The van der Waals surface area contributed by atoms with Gasteiger partial charge in [-0.15, -0.1) is 0 Å². The van der Waals surface area contributed by atoms with E-state index in [0.717, 1.165) is 11.1 Å². The molecule has 0 fully saturated rings. The van der Waals surface area contributed by atoms with Crippen LogP contribution in [0.2, 0.25) is 0 Å². The Balaban J connectivity index is 2.41. The van der Waals surface area contributed by atoms with E-state index in [2.05, 4.69) is 52.2 Å². The summed E-state index contributed by atoms with van der Waals surface area (Å²) in [5, 5.41) is 3.29. The summed E-state index contributed by atoms with van der Waals surface area (Å²) >= 11 is 2.29. The Morgan fingerprint density at radius 3 is 2.33 bits per heavy atom. The van der Waals surface area contributed by atoms with Gasteiger partial charge in [-0.2, -0.15) is 0 Å². The van der Waals surface area contributed by atoms with Crippen LogP contribution in [-0.2, 0) is 0 Å². The second-order valence-electron chi connectivity index (χ2n) is 4.27. The molecule has 3 heteroatoms. The fraction of sp³-hybridized carbons (Fsp3) is 0.200. The van der Waals surface area contributed by atoms with Gasteiger partial charge in [0.1, 0.15) is 5.82 Å². The molecular weight excluding hydrogens is 340 g/mol. The van der Waals surface area contributed by atoms with Crippen molar-refractivity contribution in [1.29, 1.82) is 0 Å². The number of hydrogen-bond acceptors (Lipinski definition) is 1. The van der Waals surface area contributed by atoms with Crippen LogP contribution in [0.15, 0.2) is 42.5 Å². The second kappa shape index (κ2) is 5.80. The first kappa shape index (κ1) is 13.5. The Morgan fingerprint density at radius 2 is 1.78 bits per heavy atom. The predicted molar refractivity (Wildman–Crippen MR) is 81.2 cm³/mol. The zero-order valence-electron chi connectivity index (χ0n) is 10.4. The topological polar surface area (TPSA) is 12.0 Å². The molecule has 1 atom stereocenters. The third-order valence-electron chi connectivity index (χ3n) is 3.03. The van der Waals surface area contributed by atoms with E-state index >= 15 is 0 Å². The van der Waals surface area contributed by atoms with Crippen LogP contribution in [0, 0.1) is 16.3 Å². The van der Waals surface area contributed by atoms with Crippen LogP contribution < -0.4 is 5.32 Å². The molecule has 0 bridgehead atoms. The lowest BCUT2D eigenvalue weighted by molar-refractivity contribution is 0.621. The van der Waals surface area contributed by atoms with Gasteiger partial charge >= 0.3 is 0 Å². The minimum atomic E-state index is -0.186. The molecule has 0 amide bonds. The van der Waals surface area contributed by atoms with Crippen molar-refractivity contribution in [2.24, 2.45) is 0 Å². The average molecular weight is 355 g/mol. The van der Waals surface area contributed by atoms with E-state index in [0.29, 0.717) is 0 Å². The molecule has 18 heavy (non-hydrogen) atoms. The SMILES string of the molecule is CNC(c1ccc(I)cc1)c1ccc(F)cc1C. The van der Waals surface area contributed by atoms with Crippen LogP contribution in [-0.4, -0.2) is 7.05 Å². The number of rotatable bonds is 3. The molecule has 1 nitrogen and oxygen atoms in total. The summed E-state index contributed by atoms with van der Waals surface area (Å²) in [4.78, 5) is 0. The van der Waals surface area contributed by atoms with Crippen LogP contribution in [0.1, 0.15) is 22.7 Å². The van der Waals surface area contributed by atoms with E-state index in [9.17, 15) is 4.39 Å². The molecular formula is C15H15FIN. The molecule has 0 spiro atoms. The van der Waals surface area contributed by atoms with Gasteiger partial charge in [0.15, 0.2) is 0 Å². The van der Waals surface area contributed by atoms with Gasteiger partial charge < -0.3 is 5.32 Å². The summed E-state index contributed by atoms with van der Waals surface area (Å²) in [7, 11) is 1.92. The molecule has 1 N–H and O–H groups in total. The minimum Gasteiger partial charge on any atom is -0.309 e. The molecule has 1 unspecified atom stereocenters. The maximum absolute atomic E-state index is 13.1. The van der Waals surface area contributed by atoms with Gasteiger partial charge in [-0.25, -0.2) is 4.39 Å². The quantitative estimate of drug-likeness (QED) is 0.820. The Morgan fingerprint density at radius 1 is 1.11 bits per heavy atom. The van der Waals surface area contributed by atoms with E-state index < -0.39 is 0 Å². The van der Waals surface area contributed by atoms with E-state index in [1.165, 1.54) is 15.2 Å². The fourth-order valence-corrected chi connectivity index (χ4v) is 2.48. The number of benzene rings is 2. The fourth-order valence-electron chi connectivity index (χ4n) is 2.12. The highest BCUT2D eigenvalue weighted by atomic mass is 127. The minimum absolute atomic E-state index is 0.0996. The van der Waals surface area contributed by atoms with Crippen LogP contribution in [0.25, 0.3) is 0 Å². The third kappa shape index (κ3) is 2.90. The summed E-state index contributed by atoms with van der Waals surface area (Å²) in [6.07, 6.45) is 0. The summed E-state index contributed by atoms with van der Waals surface area (Å²) in [5.74, 6) is -0.186. The van der Waals surface area contributed by atoms with E-state index in [-0.39, 0.29) is 11.9 Å². The van der Waals surface area contributed by atoms with Crippen molar-refractivity contribution in [2.75, 3.05) is 7.05 Å². The molecule has 0 aliphatic heterocycles. The van der Waals surface area contributed by atoms with Gasteiger partial charge in [-0.1, -0.05) is 18.2 Å². The molecule has 2 rings (SSSR count). The first-order chi connectivity index (χ1) is 8.61. The van der Waals surface area contributed by atoms with Gasteiger partial charge in [-0.3, -0.25) is 0 Å². The number of nitrogens with one attached hydrogen (secondary N) is 1. The predicted octanol–water partition coefficient (Wildman–Crippen LogP) is 4.05. The zero-order chi connectivity index (χ0) is 13.1. The van der Waals surface area contributed by atoms with Gasteiger partial charge in [-0.05, 0) is 77.5 Å². The van der Waals surface area contributed by atoms with Crippen molar-refractivity contribution >= 4 is 22.6 Å². The molecule has 0 heterocycles. The maximum Gasteiger partial charge on any atom is 0.123 e. The van der Waals surface area contributed by atoms with Crippen molar-refractivity contribution in [3.63, 3.8) is 0 Å². The first-order valence-electron chi connectivity index (χ1n) is 5.80. The monoisotopic (exact) mass is 355 g/mol. The second-order valence-corrected chi connectivity index (χ2v) is 5.52. The third-order valence-corrected chi connectivity index (χ3v) is 3.75. The van der Waals surface area contributed by atoms with Crippen LogP contribution in [0.4, 0.5) is 4.39 Å². The van der Waals surface area contributed by atoms with E-state index in [4.69, 9.17) is 0 Å². The molecule has 0 saturated carbocycles. The Kier molecular flexibility index (Phi) is 4.35. The van der Waals surface area contributed by atoms with Gasteiger partial charge in [0.05, 0.1) is 6.04 Å². The molecule has 0 aromatic heterocycles. The summed E-state index contributed by atoms with van der Waals surface area (Å²) in [6.45, 7) is 1.94. The summed E-state index contributed by atoms with van der Waals surface area (Å²) in [6, 6.07) is 13.4. The Hall–Kier alpha value is -0.940. The van der Waals surface area contributed by atoms with Crippen molar-refractivity contribution in [1.82, 2.24) is 5.32 Å². The lowest BCUT2D eigenvalue weighted by Crippen LogP contribution is -2.18. The van der Waals surface area contributed by atoms with Crippen LogP contribution in [0.5, 0.6) is 0 Å². The molecule has 94 valence electrons. The van der Waals surface area contributed by atoms with E-state index in [1.807, 2.05) is 20.0 Å². The average Bonchev–Trinajstić information content (AvgIpc) is 2.35. The highest BCUT2D eigenvalue weighted by Gasteiger charge is 2.14. The van der Waals surface area contributed by atoms with Crippen molar-refractivity contribution in [3.8, 4) is 0 Å². The van der Waals surface area contributed by atoms with E-state index in [1.54, 1.807) is 6.07 Å². The smallest absolute Gasteiger partial charge is 0.123 e. The van der Waals surface area contributed by atoms with Gasteiger partial charge in [0.25, 0.3) is 0 Å². The number of halogens is 2. The molecule has 2 aromatic carbocycles. The lowest BCUT2D eigenvalue weighted by atomic mass is 9.95. The molecule has 0 saturated heterocycles. The largest absolute Gasteiger partial charge is 0.309 e.